The lowest BCUT2D eigenvalue weighted by Crippen LogP contribution is -2.15. The van der Waals surface area contributed by atoms with E-state index in [0.717, 1.165) is 16.7 Å². The standard InChI is InChI=1S/C16H16ClFO/c1-11-8-14(18)7-6-12(11)9-15(19)10-13-4-2-3-5-16(13)17/h2-8,15,19H,9-10H2,1H3. The van der Waals surface area contributed by atoms with Crippen LogP contribution in [0.3, 0.4) is 0 Å². The molecule has 100 valence electrons. The molecular weight excluding hydrogens is 263 g/mol. The third kappa shape index (κ3) is 3.79. The maximum absolute atomic E-state index is 13.0. The van der Waals surface area contributed by atoms with Crippen LogP contribution < -0.4 is 0 Å². The molecule has 0 aliphatic rings. The Morgan fingerprint density at radius 1 is 1.11 bits per heavy atom. The Morgan fingerprint density at radius 2 is 1.79 bits per heavy atom. The first-order chi connectivity index (χ1) is 9.06. The van der Waals surface area contributed by atoms with Gasteiger partial charge in [0.1, 0.15) is 5.82 Å². The Labute approximate surface area is 117 Å². The zero-order chi connectivity index (χ0) is 13.8. The summed E-state index contributed by atoms with van der Waals surface area (Å²) in [6.07, 6.45) is 0.470. The molecule has 2 rings (SSSR count). The molecule has 0 aliphatic carbocycles. The predicted molar refractivity (Wildman–Crippen MR) is 76.0 cm³/mol. The van der Waals surface area contributed by atoms with E-state index in [1.807, 2.05) is 31.2 Å². The Kier molecular flexibility index (Phi) is 4.56. The van der Waals surface area contributed by atoms with Gasteiger partial charge in [-0.25, -0.2) is 4.39 Å². The lowest BCUT2D eigenvalue weighted by molar-refractivity contribution is 0.175. The van der Waals surface area contributed by atoms with Gasteiger partial charge in [-0.15, -0.1) is 0 Å². The smallest absolute Gasteiger partial charge is 0.123 e. The van der Waals surface area contributed by atoms with E-state index in [1.54, 1.807) is 6.07 Å². The maximum Gasteiger partial charge on any atom is 0.123 e. The number of halogens is 2. The summed E-state index contributed by atoms with van der Waals surface area (Å²) in [7, 11) is 0. The van der Waals surface area contributed by atoms with Gasteiger partial charge in [0.15, 0.2) is 0 Å². The van der Waals surface area contributed by atoms with Crippen molar-refractivity contribution in [3.63, 3.8) is 0 Å². The monoisotopic (exact) mass is 278 g/mol. The fourth-order valence-electron chi connectivity index (χ4n) is 2.13. The molecule has 2 aromatic carbocycles. The molecule has 0 saturated heterocycles. The van der Waals surface area contributed by atoms with Crippen LogP contribution in [0.2, 0.25) is 5.02 Å². The molecule has 0 radical (unpaired) electrons. The second-order valence-corrected chi connectivity index (χ2v) is 5.13. The van der Waals surface area contributed by atoms with Gasteiger partial charge in [0.2, 0.25) is 0 Å². The SMILES string of the molecule is Cc1cc(F)ccc1CC(O)Cc1ccccc1Cl. The van der Waals surface area contributed by atoms with Crippen molar-refractivity contribution in [3.8, 4) is 0 Å². The van der Waals surface area contributed by atoms with E-state index in [9.17, 15) is 9.50 Å². The molecule has 1 atom stereocenters. The van der Waals surface area contributed by atoms with Gasteiger partial charge in [-0.05, 0) is 48.2 Å². The first-order valence-electron chi connectivity index (χ1n) is 6.23. The topological polar surface area (TPSA) is 20.2 Å². The molecule has 19 heavy (non-hydrogen) atoms. The second-order valence-electron chi connectivity index (χ2n) is 4.72. The van der Waals surface area contributed by atoms with Crippen LogP contribution in [0.15, 0.2) is 42.5 Å². The van der Waals surface area contributed by atoms with Crippen molar-refractivity contribution < 1.29 is 9.50 Å². The zero-order valence-electron chi connectivity index (χ0n) is 10.7. The normalized spacial score (nSPS) is 12.4. The molecule has 0 amide bonds. The molecule has 0 aliphatic heterocycles. The molecule has 0 bridgehead atoms. The van der Waals surface area contributed by atoms with Crippen molar-refractivity contribution in [1.82, 2.24) is 0 Å². The number of rotatable bonds is 4. The van der Waals surface area contributed by atoms with Crippen molar-refractivity contribution in [2.45, 2.75) is 25.9 Å². The highest BCUT2D eigenvalue weighted by atomic mass is 35.5. The van der Waals surface area contributed by atoms with Crippen LogP contribution in [0.1, 0.15) is 16.7 Å². The lowest BCUT2D eigenvalue weighted by atomic mass is 9.98. The number of benzene rings is 2. The summed E-state index contributed by atoms with van der Waals surface area (Å²) in [5, 5.41) is 10.8. The van der Waals surface area contributed by atoms with E-state index in [2.05, 4.69) is 0 Å². The first-order valence-corrected chi connectivity index (χ1v) is 6.60. The van der Waals surface area contributed by atoms with Crippen LogP contribution in [0.25, 0.3) is 0 Å². The van der Waals surface area contributed by atoms with E-state index in [0.29, 0.717) is 17.9 Å². The summed E-state index contributed by atoms with van der Waals surface area (Å²) in [5.74, 6) is -0.248. The molecule has 3 heteroatoms. The third-order valence-electron chi connectivity index (χ3n) is 3.17. The molecule has 0 fully saturated rings. The van der Waals surface area contributed by atoms with Gasteiger partial charge in [0, 0.05) is 11.4 Å². The van der Waals surface area contributed by atoms with Crippen molar-refractivity contribution >= 4 is 11.6 Å². The van der Waals surface area contributed by atoms with Crippen LogP contribution in [0.5, 0.6) is 0 Å². The molecule has 0 aromatic heterocycles. The predicted octanol–water partition coefficient (Wildman–Crippen LogP) is 3.93. The molecule has 0 saturated carbocycles. The van der Waals surface area contributed by atoms with Crippen molar-refractivity contribution in [3.05, 3.63) is 70.0 Å². The van der Waals surface area contributed by atoms with Crippen LogP contribution in [0, 0.1) is 12.7 Å². The van der Waals surface area contributed by atoms with Gasteiger partial charge in [-0.1, -0.05) is 35.9 Å². The number of aryl methyl sites for hydroxylation is 1. The highest BCUT2D eigenvalue weighted by Gasteiger charge is 2.11. The Balaban J connectivity index is 2.05. The second kappa shape index (κ2) is 6.18. The van der Waals surface area contributed by atoms with Crippen LogP contribution >= 0.6 is 11.6 Å². The average Bonchev–Trinajstić information content (AvgIpc) is 2.36. The summed E-state index contributed by atoms with van der Waals surface area (Å²) in [4.78, 5) is 0. The van der Waals surface area contributed by atoms with Gasteiger partial charge in [-0.2, -0.15) is 0 Å². The zero-order valence-corrected chi connectivity index (χ0v) is 11.5. The largest absolute Gasteiger partial charge is 0.392 e. The van der Waals surface area contributed by atoms with E-state index in [4.69, 9.17) is 11.6 Å². The van der Waals surface area contributed by atoms with E-state index < -0.39 is 6.10 Å². The summed E-state index contributed by atoms with van der Waals surface area (Å²) in [5.41, 5.74) is 2.75. The highest BCUT2D eigenvalue weighted by molar-refractivity contribution is 6.31. The van der Waals surface area contributed by atoms with E-state index >= 15 is 0 Å². The molecule has 0 spiro atoms. The minimum absolute atomic E-state index is 0.248. The van der Waals surface area contributed by atoms with E-state index in [-0.39, 0.29) is 5.82 Å². The van der Waals surface area contributed by atoms with Gasteiger partial charge in [0.05, 0.1) is 6.10 Å². The molecule has 2 aromatic rings. The lowest BCUT2D eigenvalue weighted by Gasteiger charge is -2.13. The molecule has 1 nitrogen and oxygen atoms in total. The summed E-state index contributed by atoms with van der Waals surface area (Å²) < 4.78 is 13.0. The van der Waals surface area contributed by atoms with Crippen molar-refractivity contribution in [1.29, 1.82) is 0 Å². The Hall–Kier alpha value is -1.38. The summed E-state index contributed by atoms with van der Waals surface area (Å²) in [6.45, 7) is 1.85. The quantitative estimate of drug-likeness (QED) is 0.898. The molecule has 1 N–H and O–H groups in total. The van der Waals surface area contributed by atoms with Crippen LogP contribution in [0.4, 0.5) is 4.39 Å². The van der Waals surface area contributed by atoms with Crippen molar-refractivity contribution in [2.75, 3.05) is 0 Å². The minimum atomic E-state index is -0.524. The van der Waals surface area contributed by atoms with Gasteiger partial charge in [0.25, 0.3) is 0 Å². The Bertz CT molecular complexity index is 568. The number of hydrogen-bond donors (Lipinski definition) is 1. The number of hydrogen-bond acceptors (Lipinski definition) is 1. The number of aliphatic hydroxyl groups excluding tert-OH is 1. The van der Waals surface area contributed by atoms with E-state index in [1.165, 1.54) is 12.1 Å². The fourth-order valence-corrected chi connectivity index (χ4v) is 2.35. The van der Waals surface area contributed by atoms with Crippen LogP contribution in [-0.2, 0) is 12.8 Å². The minimum Gasteiger partial charge on any atom is -0.392 e. The highest BCUT2D eigenvalue weighted by Crippen LogP contribution is 2.19. The third-order valence-corrected chi connectivity index (χ3v) is 3.54. The Morgan fingerprint density at radius 3 is 2.47 bits per heavy atom. The molecule has 0 heterocycles. The summed E-state index contributed by atoms with van der Waals surface area (Å²) in [6, 6.07) is 12.1. The van der Waals surface area contributed by atoms with Gasteiger partial charge < -0.3 is 5.11 Å². The van der Waals surface area contributed by atoms with Gasteiger partial charge >= 0.3 is 0 Å². The average molecular weight is 279 g/mol. The maximum atomic E-state index is 13.0. The number of aliphatic hydroxyl groups is 1. The van der Waals surface area contributed by atoms with Gasteiger partial charge in [-0.3, -0.25) is 0 Å². The van der Waals surface area contributed by atoms with Crippen molar-refractivity contribution in [2.24, 2.45) is 0 Å². The first kappa shape index (κ1) is 14.0. The molecule has 1 unspecified atom stereocenters. The summed E-state index contributed by atoms with van der Waals surface area (Å²) >= 11 is 6.06. The fraction of sp³-hybridized carbons (Fsp3) is 0.250. The van der Waals surface area contributed by atoms with Crippen LogP contribution in [-0.4, -0.2) is 11.2 Å². The molecular formula is C16H16ClFO.